The zero-order chi connectivity index (χ0) is 10.8. The van der Waals surface area contributed by atoms with Gasteiger partial charge < -0.3 is 5.32 Å². The first-order valence-corrected chi connectivity index (χ1v) is 4.72. The van der Waals surface area contributed by atoms with E-state index < -0.39 is 0 Å². The average molecular weight is 207 g/mol. The van der Waals surface area contributed by atoms with Crippen molar-refractivity contribution in [3.8, 4) is 0 Å². The van der Waals surface area contributed by atoms with Crippen molar-refractivity contribution < 1.29 is 0 Å². The topological polar surface area (TPSA) is 73.5 Å². The van der Waals surface area contributed by atoms with Crippen LogP contribution < -0.4 is 5.32 Å². The van der Waals surface area contributed by atoms with Crippen LogP contribution >= 0.6 is 0 Å². The molecule has 0 amide bonds. The summed E-state index contributed by atoms with van der Waals surface area (Å²) in [6, 6.07) is 0. The van der Waals surface area contributed by atoms with Crippen LogP contribution in [0.3, 0.4) is 0 Å². The van der Waals surface area contributed by atoms with E-state index in [1.165, 1.54) is 0 Å². The van der Waals surface area contributed by atoms with Crippen LogP contribution in [0, 0.1) is 0 Å². The summed E-state index contributed by atoms with van der Waals surface area (Å²) in [4.78, 5) is 0. The lowest BCUT2D eigenvalue weighted by Gasteiger charge is -2.01. The summed E-state index contributed by atoms with van der Waals surface area (Å²) in [6.45, 7) is 2.06. The van der Waals surface area contributed by atoms with Gasteiger partial charge in [0, 0.05) is 20.3 Å². The molecule has 2 heterocycles. The molecule has 7 heteroatoms. The number of tetrazole rings is 1. The van der Waals surface area contributed by atoms with Crippen molar-refractivity contribution in [2.45, 2.75) is 13.3 Å². The highest BCUT2D eigenvalue weighted by molar-refractivity contribution is 5.54. The lowest BCUT2D eigenvalue weighted by Crippen LogP contribution is -2.01. The molecular weight excluding hydrogens is 194 g/mol. The Hall–Kier alpha value is -1.92. The van der Waals surface area contributed by atoms with E-state index in [2.05, 4.69) is 32.9 Å². The van der Waals surface area contributed by atoms with Gasteiger partial charge >= 0.3 is 0 Å². The maximum Gasteiger partial charge on any atom is 0.247 e. The van der Waals surface area contributed by atoms with Crippen LogP contribution in [-0.2, 0) is 20.5 Å². The van der Waals surface area contributed by atoms with Gasteiger partial charge in [-0.2, -0.15) is 5.10 Å². The summed E-state index contributed by atoms with van der Waals surface area (Å²) in [5.41, 5.74) is 1.94. The maximum atomic E-state index is 4.32. The molecule has 0 atom stereocenters. The molecule has 0 fully saturated rings. The minimum absolute atomic E-state index is 0.609. The van der Waals surface area contributed by atoms with Crippen LogP contribution in [-0.4, -0.2) is 30.0 Å². The lowest BCUT2D eigenvalue weighted by molar-refractivity contribution is 0.715. The third-order valence-electron chi connectivity index (χ3n) is 2.11. The van der Waals surface area contributed by atoms with E-state index in [1.807, 2.05) is 13.2 Å². The highest BCUT2D eigenvalue weighted by Crippen LogP contribution is 2.17. The van der Waals surface area contributed by atoms with E-state index in [0.29, 0.717) is 5.95 Å². The largest absolute Gasteiger partial charge is 0.320 e. The highest BCUT2D eigenvalue weighted by Gasteiger charge is 2.08. The van der Waals surface area contributed by atoms with Gasteiger partial charge in [0.2, 0.25) is 5.95 Å². The first kappa shape index (κ1) is 9.63. The average Bonchev–Trinajstić information content (AvgIpc) is 2.75. The Morgan fingerprint density at radius 2 is 2.20 bits per heavy atom. The van der Waals surface area contributed by atoms with Gasteiger partial charge in [-0.25, -0.2) is 4.68 Å². The van der Waals surface area contributed by atoms with E-state index >= 15 is 0 Å². The van der Waals surface area contributed by atoms with Gasteiger partial charge in [-0.1, -0.05) is 12.0 Å². The molecule has 80 valence electrons. The van der Waals surface area contributed by atoms with Crippen molar-refractivity contribution in [1.29, 1.82) is 0 Å². The number of nitrogens with zero attached hydrogens (tertiary/aromatic N) is 6. The molecule has 2 aromatic heterocycles. The van der Waals surface area contributed by atoms with Crippen LogP contribution in [0.5, 0.6) is 0 Å². The predicted molar refractivity (Wildman–Crippen MR) is 54.7 cm³/mol. The molecule has 0 spiro atoms. The summed E-state index contributed by atoms with van der Waals surface area (Å²) >= 11 is 0. The smallest absolute Gasteiger partial charge is 0.247 e. The minimum Gasteiger partial charge on any atom is -0.320 e. The summed E-state index contributed by atoms with van der Waals surface area (Å²) in [6.07, 6.45) is 2.78. The van der Waals surface area contributed by atoms with Crippen molar-refractivity contribution in [3.05, 3.63) is 11.9 Å². The van der Waals surface area contributed by atoms with Crippen molar-refractivity contribution >= 4 is 11.6 Å². The Morgan fingerprint density at radius 1 is 1.40 bits per heavy atom. The van der Waals surface area contributed by atoms with Gasteiger partial charge in [-0.05, 0) is 16.8 Å². The van der Waals surface area contributed by atoms with Gasteiger partial charge in [0.1, 0.15) is 0 Å². The number of anilines is 2. The van der Waals surface area contributed by atoms with Gasteiger partial charge in [0.05, 0.1) is 11.4 Å². The summed E-state index contributed by atoms with van der Waals surface area (Å²) in [5.74, 6) is 0.609. The maximum absolute atomic E-state index is 4.32. The SMILES string of the molecule is CCc1nn(C)cc1Nc1nnnn1C. The summed E-state index contributed by atoms with van der Waals surface area (Å²) in [5, 5.41) is 18.6. The Kier molecular flexibility index (Phi) is 2.36. The number of aryl methyl sites for hydroxylation is 3. The van der Waals surface area contributed by atoms with Crippen LogP contribution in [0.25, 0.3) is 0 Å². The second kappa shape index (κ2) is 3.68. The molecule has 0 aliphatic rings. The molecule has 0 saturated carbocycles. The summed E-state index contributed by atoms with van der Waals surface area (Å²) < 4.78 is 3.34. The van der Waals surface area contributed by atoms with Crippen molar-refractivity contribution in [1.82, 2.24) is 30.0 Å². The fraction of sp³-hybridized carbons (Fsp3) is 0.500. The fourth-order valence-electron chi connectivity index (χ4n) is 1.36. The monoisotopic (exact) mass is 207 g/mol. The van der Waals surface area contributed by atoms with Gasteiger partial charge in [0.25, 0.3) is 0 Å². The molecule has 2 rings (SSSR count). The molecule has 0 saturated heterocycles. The van der Waals surface area contributed by atoms with E-state index in [0.717, 1.165) is 17.8 Å². The third kappa shape index (κ3) is 1.80. The first-order chi connectivity index (χ1) is 7.20. The standard InChI is InChI=1S/C8H13N7/c1-4-6-7(5-14(2)11-6)9-8-10-12-13-15(8)3/h5H,4H2,1-3H3,(H,9,10,13). The van der Waals surface area contributed by atoms with Crippen LogP contribution in [0.15, 0.2) is 6.20 Å². The van der Waals surface area contributed by atoms with Crippen LogP contribution in [0.4, 0.5) is 11.6 Å². The zero-order valence-electron chi connectivity index (χ0n) is 8.97. The number of nitrogens with one attached hydrogen (secondary N) is 1. The molecule has 0 radical (unpaired) electrons. The normalized spacial score (nSPS) is 10.6. The second-order valence-electron chi connectivity index (χ2n) is 3.27. The number of hydrogen-bond acceptors (Lipinski definition) is 5. The second-order valence-corrected chi connectivity index (χ2v) is 3.27. The Bertz CT molecular complexity index is 455. The number of rotatable bonds is 3. The van der Waals surface area contributed by atoms with Gasteiger partial charge in [-0.15, -0.1) is 0 Å². The zero-order valence-corrected chi connectivity index (χ0v) is 8.97. The quantitative estimate of drug-likeness (QED) is 0.781. The molecule has 15 heavy (non-hydrogen) atoms. The first-order valence-electron chi connectivity index (χ1n) is 4.72. The van der Waals surface area contributed by atoms with E-state index in [4.69, 9.17) is 0 Å². The molecule has 2 aromatic rings. The highest BCUT2D eigenvalue weighted by atomic mass is 15.6. The molecule has 1 N–H and O–H groups in total. The predicted octanol–water partition coefficient (Wildman–Crippen LogP) is 0.250. The molecule has 7 nitrogen and oxygen atoms in total. The fourth-order valence-corrected chi connectivity index (χ4v) is 1.36. The summed E-state index contributed by atoms with van der Waals surface area (Å²) in [7, 11) is 3.67. The molecule has 0 aromatic carbocycles. The van der Waals surface area contributed by atoms with E-state index in [1.54, 1.807) is 16.4 Å². The van der Waals surface area contributed by atoms with Crippen molar-refractivity contribution in [3.63, 3.8) is 0 Å². The van der Waals surface area contributed by atoms with E-state index in [-0.39, 0.29) is 0 Å². The Morgan fingerprint density at radius 3 is 2.80 bits per heavy atom. The van der Waals surface area contributed by atoms with Gasteiger partial charge in [0.15, 0.2) is 0 Å². The third-order valence-corrected chi connectivity index (χ3v) is 2.11. The molecule has 0 unspecified atom stereocenters. The minimum atomic E-state index is 0.609. The molecule has 0 bridgehead atoms. The van der Waals surface area contributed by atoms with E-state index in [9.17, 15) is 0 Å². The van der Waals surface area contributed by atoms with Crippen molar-refractivity contribution in [2.24, 2.45) is 14.1 Å². The lowest BCUT2D eigenvalue weighted by atomic mass is 10.3. The van der Waals surface area contributed by atoms with Crippen LogP contribution in [0.2, 0.25) is 0 Å². The van der Waals surface area contributed by atoms with Gasteiger partial charge in [-0.3, -0.25) is 4.68 Å². The van der Waals surface area contributed by atoms with Crippen molar-refractivity contribution in [2.75, 3.05) is 5.32 Å². The molecule has 0 aliphatic heterocycles. The van der Waals surface area contributed by atoms with Crippen LogP contribution in [0.1, 0.15) is 12.6 Å². The molecule has 0 aliphatic carbocycles. The number of aromatic nitrogens is 6. The Labute approximate surface area is 87.1 Å². The molecular formula is C8H13N7. The number of hydrogen-bond donors (Lipinski definition) is 1. The Balaban J connectivity index is 2.27.